The molecule has 1 unspecified atom stereocenters. The lowest BCUT2D eigenvalue weighted by atomic mass is 9.70. The molecule has 1 spiro atoms. The van der Waals surface area contributed by atoms with E-state index in [1.54, 1.807) is 29.2 Å². The van der Waals surface area contributed by atoms with Crippen LogP contribution < -0.4 is 15.1 Å². The minimum absolute atomic E-state index is 0.0383. The number of nitrogens with zero attached hydrogens (tertiary/aromatic N) is 3. The van der Waals surface area contributed by atoms with Crippen LogP contribution in [0.25, 0.3) is 0 Å². The Morgan fingerprint density at radius 1 is 1.07 bits per heavy atom. The summed E-state index contributed by atoms with van der Waals surface area (Å²) in [5.41, 5.74) is 0.848. The molecule has 2 aromatic rings. The number of likely N-dealkylation sites (tertiary alicyclic amines) is 1. The molecular weight excluding hydrogens is 780 g/mol. The van der Waals surface area contributed by atoms with Gasteiger partial charge in [0.15, 0.2) is 0 Å². The number of benzene rings is 2. The van der Waals surface area contributed by atoms with E-state index in [-0.39, 0.29) is 37.8 Å². The van der Waals surface area contributed by atoms with E-state index in [1.165, 1.54) is 12.0 Å². The standard InChI is InChI=1S/C43H57BrN4O8/c1-8-12-18-34(50)45-32(26-54-7)37(28-16-14-13-15-17-28)55-42(53)35-36-40(51)48(33(25-49)27(5)6)39(43(36)24-31(44)38(35)56-43)41(52)47(23-9-2)30-21-19-29(20-22-30)46(10-3)11-4/h8-9,13-17,19-22,27,31-33,35-39,49H,1-2,10-12,18,23-26H2,3-7H3,(H,45,50)/t31?,32-,33+,35-,36+,37-,38-,39-,43+/m1/s1. The van der Waals surface area contributed by atoms with E-state index in [2.05, 4.69) is 53.2 Å². The topological polar surface area (TPSA) is 138 Å². The molecule has 56 heavy (non-hydrogen) atoms. The van der Waals surface area contributed by atoms with Crippen LogP contribution in [0.5, 0.6) is 0 Å². The van der Waals surface area contributed by atoms with Crippen LogP contribution in [-0.4, -0.2) is 108 Å². The average Bonchev–Trinajstić information content (AvgIpc) is 3.79. The molecule has 3 heterocycles. The van der Waals surface area contributed by atoms with Gasteiger partial charge < -0.3 is 39.3 Å². The number of allylic oxidation sites excluding steroid dienone is 1. The number of amides is 3. The number of alkyl halides is 1. The molecule has 9 atom stereocenters. The maximum absolute atomic E-state index is 15.2. The first-order valence-corrected chi connectivity index (χ1v) is 20.5. The first-order chi connectivity index (χ1) is 26.9. The van der Waals surface area contributed by atoms with Gasteiger partial charge in [0.1, 0.15) is 17.7 Å². The number of halogens is 1. The van der Waals surface area contributed by atoms with Gasteiger partial charge in [0.05, 0.1) is 43.2 Å². The van der Waals surface area contributed by atoms with Gasteiger partial charge in [-0.25, -0.2) is 0 Å². The summed E-state index contributed by atoms with van der Waals surface area (Å²) < 4.78 is 18.7. The quantitative estimate of drug-likeness (QED) is 0.105. The monoisotopic (exact) mass is 836 g/mol. The number of carbonyl (C=O) groups is 4. The fraction of sp³-hybridized carbons (Fsp3) is 0.535. The van der Waals surface area contributed by atoms with Crippen molar-refractivity contribution in [2.45, 2.75) is 87.7 Å². The third kappa shape index (κ3) is 8.32. The van der Waals surface area contributed by atoms with Gasteiger partial charge in [-0.15, -0.1) is 13.2 Å². The highest BCUT2D eigenvalue weighted by Gasteiger charge is 2.78. The third-order valence-corrected chi connectivity index (χ3v) is 12.3. The number of nitrogens with one attached hydrogen (secondary N) is 1. The van der Waals surface area contributed by atoms with Crippen molar-refractivity contribution >= 4 is 51.0 Å². The van der Waals surface area contributed by atoms with Gasteiger partial charge in [-0.05, 0) is 62.4 Å². The number of rotatable bonds is 20. The number of fused-ring (bicyclic) bond motifs is 1. The summed E-state index contributed by atoms with van der Waals surface area (Å²) >= 11 is 3.76. The lowest BCUT2D eigenvalue weighted by Gasteiger charge is -2.40. The summed E-state index contributed by atoms with van der Waals surface area (Å²) in [6, 6.07) is 14.1. The SMILES string of the molecule is C=CCCC(=O)N[C@H](COC)[C@H](OC(=O)[C@H]1[C@@H]2O[C@@]3(CC2Br)[C@@H]1C(=O)N([C@@H](CO)C(C)C)[C@@H]3C(=O)N(CC=C)c1ccc(N(CC)CC)cc1)c1ccccc1. The van der Waals surface area contributed by atoms with Crippen LogP contribution in [-0.2, 0) is 33.4 Å². The highest BCUT2D eigenvalue weighted by atomic mass is 79.9. The maximum Gasteiger partial charge on any atom is 0.313 e. The van der Waals surface area contributed by atoms with Gasteiger partial charge >= 0.3 is 5.97 Å². The molecule has 12 nitrogen and oxygen atoms in total. The normalized spacial score (nSPS) is 25.3. The Hall–Kier alpha value is -4.04. The Morgan fingerprint density at radius 2 is 1.73 bits per heavy atom. The minimum Gasteiger partial charge on any atom is -0.455 e. The smallest absolute Gasteiger partial charge is 0.313 e. The van der Waals surface area contributed by atoms with Crippen LogP contribution in [0, 0.1) is 17.8 Å². The van der Waals surface area contributed by atoms with E-state index in [9.17, 15) is 19.5 Å². The fourth-order valence-electron chi connectivity index (χ4n) is 8.75. The number of ether oxygens (including phenoxy) is 3. The molecule has 2 aromatic carbocycles. The Balaban J connectivity index is 1.56. The molecule has 0 saturated carbocycles. The molecule has 0 aromatic heterocycles. The van der Waals surface area contributed by atoms with Crippen LogP contribution >= 0.6 is 15.9 Å². The van der Waals surface area contributed by atoms with E-state index in [0.29, 0.717) is 17.7 Å². The van der Waals surface area contributed by atoms with Crippen molar-refractivity contribution in [1.82, 2.24) is 10.2 Å². The zero-order valence-electron chi connectivity index (χ0n) is 33.1. The van der Waals surface area contributed by atoms with E-state index >= 15 is 4.79 Å². The summed E-state index contributed by atoms with van der Waals surface area (Å²) in [4.78, 5) is 62.8. The van der Waals surface area contributed by atoms with Crippen LogP contribution in [0.3, 0.4) is 0 Å². The molecule has 3 amide bonds. The summed E-state index contributed by atoms with van der Waals surface area (Å²) in [6.45, 7) is 17.0. The molecule has 0 radical (unpaired) electrons. The summed E-state index contributed by atoms with van der Waals surface area (Å²) in [7, 11) is 1.50. The second kappa shape index (κ2) is 18.9. The Kier molecular flexibility index (Phi) is 14.6. The molecule has 304 valence electrons. The minimum atomic E-state index is -1.41. The Bertz CT molecular complexity index is 1700. The van der Waals surface area contributed by atoms with Crippen LogP contribution in [0.15, 0.2) is 79.9 Å². The third-order valence-electron chi connectivity index (χ3n) is 11.4. The summed E-state index contributed by atoms with van der Waals surface area (Å²) in [5, 5.41) is 13.7. The highest BCUT2D eigenvalue weighted by molar-refractivity contribution is 9.09. The number of hydrogen-bond donors (Lipinski definition) is 2. The van der Waals surface area contributed by atoms with Gasteiger partial charge in [-0.1, -0.05) is 72.3 Å². The Labute approximate surface area is 339 Å². The Morgan fingerprint density at radius 3 is 2.30 bits per heavy atom. The molecule has 3 aliphatic rings. The van der Waals surface area contributed by atoms with Crippen molar-refractivity contribution in [3.05, 3.63) is 85.5 Å². The lowest BCUT2D eigenvalue weighted by Crippen LogP contribution is -2.60. The van der Waals surface area contributed by atoms with Crippen molar-refractivity contribution in [3.8, 4) is 0 Å². The summed E-state index contributed by atoms with van der Waals surface area (Å²) in [6.07, 6.45) is 2.45. The largest absolute Gasteiger partial charge is 0.455 e. The van der Waals surface area contributed by atoms with Crippen molar-refractivity contribution in [2.24, 2.45) is 17.8 Å². The van der Waals surface area contributed by atoms with Gasteiger partial charge in [0, 0.05) is 49.4 Å². The number of hydrogen-bond acceptors (Lipinski definition) is 9. The highest BCUT2D eigenvalue weighted by Crippen LogP contribution is 2.61. The van der Waals surface area contributed by atoms with E-state index in [1.807, 2.05) is 56.3 Å². The van der Waals surface area contributed by atoms with Crippen molar-refractivity contribution in [3.63, 3.8) is 0 Å². The molecule has 2 N–H and O–H groups in total. The van der Waals surface area contributed by atoms with Gasteiger partial charge in [0.25, 0.3) is 5.91 Å². The number of methoxy groups -OCH3 is 1. The van der Waals surface area contributed by atoms with Crippen LogP contribution in [0.1, 0.15) is 58.6 Å². The number of esters is 1. The first-order valence-electron chi connectivity index (χ1n) is 19.6. The number of aliphatic hydroxyl groups excluding tert-OH is 1. The molecular formula is C43H57BrN4O8. The number of anilines is 2. The zero-order valence-corrected chi connectivity index (χ0v) is 34.7. The van der Waals surface area contributed by atoms with Crippen molar-refractivity contribution in [1.29, 1.82) is 0 Å². The molecule has 5 rings (SSSR count). The molecule has 3 aliphatic heterocycles. The van der Waals surface area contributed by atoms with Crippen molar-refractivity contribution in [2.75, 3.05) is 49.8 Å². The van der Waals surface area contributed by atoms with E-state index in [0.717, 1.165) is 18.8 Å². The molecule has 13 heteroatoms. The molecule has 3 fully saturated rings. The number of carbonyl (C=O) groups excluding carboxylic acids is 4. The van der Waals surface area contributed by atoms with E-state index in [4.69, 9.17) is 14.2 Å². The molecule has 0 aliphatic carbocycles. The average molecular weight is 838 g/mol. The predicted molar refractivity (Wildman–Crippen MR) is 219 cm³/mol. The van der Waals surface area contributed by atoms with Crippen LogP contribution in [0.2, 0.25) is 0 Å². The van der Waals surface area contributed by atoms with Gasteiger partial charge in [0.2, 0.25) is 11.8 Å². The van der Waals surface area contributed by atoms with Crippen LogP contribution in [0.4, 0.5) is 11.4 Å². The number of aliphatic hydroxyl groups is 1. The summed E-state index contributed by atoms with van der Waals surface area (Å²) in [5.74, 6) is -4.20. The maximum atomic E-state index is 15.2. The van der Waals surface area contributed by atoms with Gasteiger partial charge in [-0.2, -0.15) is 0 Å². The second-order valence-corrected chi connectivity index (χ2v) is 16.2. The molecule has 2 bridgehead atoms. The fourth-order valence-corrected chi connectivity index (χ4v) is 9.69. The zero-order chi connectivity index (χ0) is 40.7. The molecule has 3 saturated heterocycles. The van der Waals surface area contributed by atoms with Gasteiger partial charge in [-0.3, -0.25) is 19.2 Å². The predicted octanol–water partition coefficient (Wildman–Crippen LogP) is 5.20. The second-order valence-electron chi connectivity index (χ2n) is 15.1. The first kappa shape index (κ1) is 43.1. The van der Waals surface area contributed by atoms with E-state index < -0.39 is 77.0 Å². The van der Waals surface area contributed by atoms with Crippen molar-refractivity contribution < 1.29 is 38.5 Å². The lowest BCUT2D eigenvalue weighted by molar-refractivity contribution is -0.163.